The van der Waals surface area contributed by atoms with Crippen LogP contribution in [0.1, 0.15) is 5.56 Å². The molecule has 0 saturated heterocycles. The molecule has 0 amide bonds. The molecule has 1 aromatic carbocycles. The van der Waals surface area contributed by atoms with Crippen LogP contribution in [0.5, 0.6) is 0 Å². The summed E-state index contributed by atoms with van der Waals surface area (Å²) < 4.78 is 0. The van der Waals surface area contributed by atoms with Gasteiger partial charge in [-0.05, 0) is 11.8 Å². The first-order chi connectivity index (χ1) is 6.45. The van der Waals surface area contributed by atoms with E-state index < -0.39 is 0 Å². The number of nitrogens with one attached hydrogen (secondary N) is 2. The first kappa shape index (κ1) is 8.32. The number of hydrogen-bond donors (Lipinski definition) is 2. The molecule has 1 unspecified atom stereocenters. The third-order valence-corrected chi connectivity index (χ3v) is 2.18. The summed E-state index contributed by atoms with van der Waals surface area (Å²) in [4.78, 5) is 0. The van der Waals surface area contributed by atoms with E-state index in [0.29, 0.717) is 6.17 Å². The zero-order valence-electron chi connectivity index (χ0n) is 7.53. The third-order valence-electron chi connectivity index (χ3n) is 2.18. The van der Waals surface area contributed by atoms with Crippen molar-refractivity contribution in [1.82, 2.24) is 10.6 Å². The molecule has 0 bridgehead atoms. The van der Waals surface area contributed by atoms with Crippen LogP contribution in [0.2, 0.25) is 0 Å². The van der Waals surface area contributed by atoms with Crippen LogP contribution in [0.3, 0.4) is 0 Å². The van der Waals surface area contributed by atoms with Gasteiger partial charge in [-0.3, -0.25) is 5.32 Å². The third kappa shape index (κ3) is 2.33. The summed E-state index contributed by atoms with van der Waals surface area (Å²) in [7, 11) is 0. The normalized spacial score (nSPS) is 21.1. The second-order valence-electron chi connectivity index (χ2n) is 3.22. The standard InChI is InChI=1S/C11H14N2/c1-2-5-10(6-3-1)9-11-12-7-4-8-13-11/h1-7,11-13H,8-9H2. The van der Waals surface area contributed by atoms with E-state index in [9.17, 15) is 0 Å². The van der Waals surface area contributed by atoms with Crippen LogP contribution in [0.25, 0.3) is 0 Å². The van der Waals surface area contributed by atoms with E-state index in [1.807, 2.05) is 12.3 Å². The molecular formula is C11H14N2. The quantitative estimate of drug-likeness (QED) is 0.705. The lowest BCUT2D eigenvalue weighted by molar-refractivity contribution is 0.474. The fourth-order valence-electron chi connectivity index (χ4n) is 1.49. The predicted octanol–water partition coefficient (Wildman–Crippen LogP) is 1.26. The van der Waals surface area contributed by atoms with Crippen molar-refractivity contribution in [2.24, 2.45) is 0 Å². The van der Waals surface area contributed by atoms with E-state index in [0.717, 1.165) is 13.0 Å². The van der Waals surface area contributed by atoms with Gasteiger partial charge in [-0.2, -0.15) is 0 Å². The largest absolute Gasteiger partial charge is 0.376 e. The number of rotatable bonds is 2. The molecule has 0 spiro atoms. The van der Waals surface area contributed by atoms with Gasteiger partial charge in [0.15, 0.2) is 0 Å². The topological polar surface area (TPSA) is 24.1 Å². The highest BCUT2D eigenvalue weighted by molar-refractivity contribution is 5.16. The average Bonchev–Trinajstić information content (AvgIpc) is 2.21. The minimum atomic E-state index is 0.382. The van der Waals surface area contributed by atoms with Gasteiger partial charge in [0.05, 0.1) is 6.17 Å². The Morgan fingerprint density at radius 3 is 2.77 bits per heavy atom. The van der Waals surface area contributed by atoms with Crippen molar-refractivity contribution in [2.75, 3.05) is 6.54 Å². The van der Waals surface area contributed by atoms with Gasteiger partial charge in [-0.25, -0.2) is 0 Å². The minimum absolute atomic E-state index is 0.382. The Morgan fingerprint density at radius 2 is 2.08 bits per heavy atom. The van der Waals surface area contributed by atoms with Crippen molar-refractivity contribution in [3.8, 4) is 0 Å². The monoisotopic (exact) mass is 174 g/mol. The summed E-state index contributed by atoms with van der Waals surface area (Å²) in [5.41, 5.74) is 1.36. The zero-order valence-corrected chi connectivity index (χ0v) is 7.53. The van der Waals surface area contributed by atoms with Crippen LogP contribution >= 0.6 is 0 Å². The molecule has 1 atom stereocenters. The molecule has 2 nitrogen and oxygen atoms in total. The second kappa shape index (κ2) is 4.10. The SMILES string of the molecule is C1=CNC(Cc2ccccc2)NC1. The Labute approximate surface area is 78.7 Å². The van der Waals surface area contributed by atoms with Crippen LogP contribution in [0.15, 0.2) is 42.6 Å². The minimum Gasteiger partial charge on any atom is -0.376 e. The summed E-state index contributed by atoms with van der Waals surface area (Å²) in [5.74, 6) is 0. The Balaban J connectivity index is 1.94. The molecule has 0 fully saturated rings. The predicted molar refractivity (Wildman–Crippen MR) is 54.2 cm³/mol. The van der Waals surface area contributed by atoms with Crippen molar-refractivity contribution >= 4 is 0 Å². The number of benzene rings is 1. The summed E-state index contributed by atoms with van der Waals surface area (Å²) in [6, 6.07) is 10.5. The van der Waals surface area contributed by atoms with E-state index in [1.54, 1.807) is 0 Å². The van der Waals surface area contributed by atoms with Crippen LogP contribution in [-0.2, 0) is 6.42 Å². The molecule has 0 radical (unpaired) electrons. The molecule has 68 valence electrons. The maximum atomic E-state index is 3.37. The smallest absolute Gasteiger partial charge is 0.0806 e. The van der Waals surface area contributed by atoms with E-state index in [2.05, 4.69) is 41.0 Å². The van der Waals surface area contributed by atoms with E-state index >= 15 is 0 Å². The zero-order chi connectivity index (χ0) is 8.93. The van der Waals surface area contributed by atoms with Gasteiger partial charge in [-0.15, -0.1) is 0 Å². The van der Waals surface area contributed by atoms with Gasteiger partial charge >= 0.3 is 0 Å². The van der Waals surface area contributed by atoms with Crippen molar-refractivity contribution < 1.29 is 0 Å². The molecule has 0 aromatic heterocycles. The highest BCUT2D eigenvalue weighted by Gasteiger charge is 2.07. The van der Waals surface area contributed by atoms with Crippen molar-refractivity contribution in [2.45, 2.75) is 12.6 Å². The fourth-order valence-corrected chi connectivity index (χ4v) is 1.49. The summed E-state index contributed by atoms with van der Waals surface area (Å²) in [6.07, 6.45) is 5.52. The van der Waals surface area contributed by atoms with Crippen LogP contribution in [-0.4, -0.2) is 12.7 Å². The van der Waals surface area contributed by atoms with Gasteiger partial charge in [-0.1, -0.05) is 36.4 Å². The Morgan fingerprint density at radius 1 is 1.23 bits per heavy atom. The van der Waals surface area contributed by atoms with E-state index in [-0.39, 0.29) is 0 Å². The van der Waals surface area contributed by atoms with Gasteiger partial charge in [0.2, 0.25) is 0 Å². The summed E-state index contributed by atoms with van der Waals surface area (Å²) >= 11 is 0. The van der Waals surface area contributed by atoms with Crippen molar-refractivity contribution in [3.63, 3.8) is 0 Å². The molecule has 0 saturated carbocycles. The van der Waals surface area contributed by atoms with Crippen molar-refractivity contribution in [1.29, 1.82) is 0 Å². The fraction of sp³-hybridized carbons (Fsp3) is 0.273. The van der Waals surface area contributed by atoms with Gasteiger partial charge in [0.25, 0.3) is 0 Å². The lowest BCUT2D eigenvalue weighted by Crippen LogP contribution is -2.44. The average molecular weight is 174 g/mol. The highest BCUT2D eigenvalue weighted by Crippen LogP contribution is 2.02. The summed E-state index contributed by atoms with van der Waals surface area (Å²) in [5, 5.41) is 6.65. The van der Waals surface area contributed by atoms with Gasteiger partial charge in [0, 0.05) is 13.0 Å². The van der Waals surface area contributed by atoms with E-state index in [4.69, 9.17) is 0 Å². The second-order valence-corrected chi connectivity index (χ2v) is 3.22. The molecule has 13 heavy (non-hydrogen) atoms. The molecule has 0 aliphatic carbocycles. The maximum Gasteiger partial charge on any atom is 0.0806 e. The summed E-state index contributed by atoms with van der Waals surface area (Å²) in [6.45, 7) is 0.963. The Hall–Kier alpha value is -1.28. The lowest BCUT2D eigenvalue weighted by Gasteiger charge is -2.21. The molecule has 1 heterocycles. The Bertz CT molecular complexity index is 279. The first-order valence-electron chi connectivity index (χ1n) is 4.63. The lowest BCUT2D eigenvalue weighted by atomic mass is 10.1. The molecule has 1 aromatic rings. The Kier molecular flexibility index (Phi) is 2.62. The molecular weight excluding hydrogens is 160 g/mol. The molecule has 2 rings (SSSR count). The molecule has 1 aliphatic rings. The van der Waals surface area contributed by atoms with Crippen LogP contribution in [0.4, 0.5) is 0 Å². The highest BCUT2D eigenvalue weighted by atomic mass is 15.1. The van der Waals surface area contributed by atoms with Crippen LogP contribution in [0, 0.1) is 0 Å². The molecule has 2 N–H and O–H groups in total. The first-order valence-corrected chi connectivity index (χ1v) is 4.63. The van der Waals surface area contributed by atoms with Crippen molar-refractivity contribution in [3.05, 3.63) is 48.2 Å². The van der Waals surface area contributed by atoms with E-state index in [1.165, 1.54) is 5.56 Å². The molecule has 1 aliphatic heterocycles. The maximum absolute atomic E-state index is 3.37. The van der Waals surface area contributed by atoms with Gasteiger partial charge in [0.1, 0.15) is 0 Å². The van der Waals surface area contributed by atoms with Gasteiger partial charge < -0.3 is 5.32 Å². The number of hydrogen-bond acceptors (Lipinski definition) is 2. The molecule has 2 heteroatoms. The van der Waals surface area contributed by atoms with Crippen LogP contribution < -0.4 is 10.6 Å².